The number of aryl methyl sites for hydroxylation is 4. The molecule has 1 aromatic carbocycles. The van der Waals surface area contributed by atoms with Crippen LogP contribution in [0.1, 0.15) is 39.8 Å². The first kappa shape index (κ1) is 13.2. The Morgan fingerprint density at radius 3 is 2.17 bits per heavy atom. The monoisotopic (exact) mass is 263 g/mol. The summed E-state index contributed by atoms with van der Waals surface area (Å²) in [6.07, 6.45) is 0. The molecular weight excluding hydrogens is 246 g/mol. The topological polar surface area (TPSA) is 39.2 Å². The van der Waals surface area contributed by atoms with E-state index >= 15 is 0 Å². The second-order valence-corrected chi connectivity index (χ2v) is 5.21. The number of nitrogens with two attached hydrogens (primary N) is 1. The van der Waals surface area contributed by atoms with Crippen LogP contribution in [0.3, 0.4) is 0 Å². The highest BCUT2D eigenvalue weighted by atomic mass is 35.5. The molecule has 0 saturated carbocycles. The molecule has 0 saturated heterocycles. The van der Waals surface area contributed by atoms with E-state index in [4.69, 9.17) is 21.8 Å². The minimum atomic E-state index is -0.241. The summed E-state index contributed by atoms with van der Waals surface area (Å²) in [7, 11) is 0. The number of hydrogen-bond donors (Lipinski definition) is 1. The van der Waals surface area contributed by atoms with Crippen molar-refractivity contribution in [3.63, 3.8) is 0 Å². The van der Waals surface area contributed by atoms with Gasteiger partial charge in [0.15, 0.2) is 0 Å². The maximum atomic E-state index is 6.31. The van der Waals surface area contributed by atoms with Gasteiger partial charge in [0.25, 0.3) is 0 Å². The number of furan rings is 1. The number of benzene rings is 1. The van der Waals surface area contributed by atoms with Gasteiger partial charge in [-0.3, -0.25) is 0 Å². The van der Waals surface area contributed by atoms with Crippen molar-refractivity contribution in [3.05, 3.63) is 57.0 Å². The smallest absolute Gasteiger partial charge is 0.106 e. The lowest BCUT2D eigenvalue weighted by Gasteiger charge is -2.15. The highest BCUT2D eigenvalue weighted by molar-refractivity contribution is 6.31. The summed E-state index contributed by atoms with van der Waals surface area (Å²) in [4.78, 5) is 0. The third kappa shape index (κ3) is 2.31. The molecule has 0 aliphatic heterocycles. The van der Waals surface area contributed by atoms with E-state index in [1.165, 1.54) is 11.1 Å². The maximum absolute atomic E-state index is 6.31. The van der Waals surface area contributed by atoms with E-state index in [1.807, 2.05) is 32.9 Å². The first-order valence-electron chi connectivity index (χ1n) is 5.99. The van der Waals surface area contributed by atoms with Crippen LogP contribution in [0.2, 0.25) is 5.02 Å². The van der Waals surface area contributed by atoms with E-state index in [1.54, 1.807) is 0 Å². The molecule has 1 aromatic heterocycles. The summed E-state index contributed by atoms with van der Waals surface area (Å²) in [5.41, 5.74) is 10.6. The molecule has 0 aliphatic carbocycles. The first-order chi connectivity index (χ1) is 8.40. The molecule has 2 rings (SSSR count). The van der Waals surface area contributed by atoms with Gasteiger partial charge in [-0.1, -0.05) is 17.7 Å². The maximum Gasteiger partial charge on any atom is 0.106 e. The molecule has 0 amide bonds. The van der Waals surface area contributed by atoms with Crippen molar-refractivity contribution in [3.8, 4) is 0 Å². The van der Waals surface area contributed by atoms with Gasteiger partial charge in [0.05, 0.1) is 6.04 Å². The van der Waals surface area contributed by atoms with Crippen LogP contribution >= 0.6 is 11.6 Å². The molecule has 1 unspecified atom stereocenters. The van der Waals surface area contributed by atoms with Crippen LogP contribution in [0.4, 0.5) is 0 Å². The lowest BCUT2D eigenvalue weighted by atomic mass is 9.96. The molecule has 0 bridgehead atoms. The zero-order valence-electron chi connectivity index (χ0n) is 11.2. The van der Waals surface area contributed by atoms with Crippen molar-refractivity contribution in [1.29, 1.82) is 0 Å². The molecule has 0 fully saturated rings. The van der Waals surface area contributed by atoms with Crippen molar-refractivity contribution >= 4 is 11.6 Å². The Labute approximate surface area is 113 Å². The van der Waals surface area contributed by atoms with E-state index in [2.05, 4.69) is 13.0 Å². The average molecular weight is 264 g/mol. The molecule has 1 heterocycles. The Bertz CT molecular complexity index is 586. The molecule has 96 valence electrons. The highest BCUT2D eigenvalue weighted by Crippen LogP contribution is 2.31. The summed E-state index contributed by atoms with van der Waals surface area (Å²) in [6.45, 7) is 7.96. The van der Waals surface area contributed by atoms with E-state index in [0.717, 1.165) is 22.6 Å². The van der Waals surface area contributed by atoms with Crippen LogP contribution in [0, 0.1) is 27.7 Å². The van der Waals surface area contributed by atoms with Crippen molar-refractivity contribution in [2.75, 3.05) is 0 Å². The van der Waals surface area contributed by atoms with Crippen molar-refractivity contribution < 1.29 is 4.42 Å². The number of rotatable bonds is 2. The number of halogens is 1. The van der Waals surface area contributed by atoms with Crippen LogP contribution in [0.25, 0.3) is 0 Å². The van der Waals surface area contributed by atoms with Gasteiger partial charge in [0, 0.05) is 10.6 Å². The molecule has 18 heavy (non-hydrogen) atoms. The van der Waals surface area contributed by atoms with Crippen molar-refractivity contribution in [2.24, 2.45) is 5.73 Å². The third-order valence-electron chi connectivity index (χ3n) is 3.36. The van der Waals surface area contributed by atoms with Crippen LogP contribution in [0.15, 0.2) is 22.6 Å². The first-order valence-corrected chi connectivity index (χ1v) is 6.37. The van der Waals surface area contributed by atoms with Gasteiger partial charge in [0.1, 0.15) is 11.5 Å². The normalized spacial score (nSPS) is 12.8. The third-order valence-corrected chi connectivity index (χ3v) is 3.69. The fraction of sp³-hybridized carbons (Fsp3) is 0.333. The van der Waals surface area contributed by atoms with Gasteiger partial charge < -0.3 is 10.2 Å². The van der Waals surface area contributed by atoms with Gasteiger partial charge in [-0.2, -0.15) is 0 Å². The fourth-order valence-corrected chi connectivity index (χ4v) is 2.50. The fourth-order valence-electron chi connectivity index (χ4n) is 2.17. The highest BCUT2D eigenvalue weighted by Gasteiger charge is 2.18. The number of hydrogen-bond acceptors (Lipinski definition) is 2. The summed E-state index contributed by atoms with van der Waals surface area (Å²) < 4.78 is 5.53. The predicted octanol–water partition coefficient (Wildman–Crippen LogP) is 4.21. The van der Waals surface area contributed by atoms with Gasteiger partial charge in [-0.25, -0.2) is 0 Å². The van der Waals surface area contributed by atoms with Crippen molar-refractivity contribution in [2.45, 2.75) is 33.7 Å². The van der Waals surface area contributed by atoms with Crippen LogP contribution in [-0.4, -0.2) is 0 Å². The molecule has 0 aliphatic rings. The minimum Gasteiger partial charge on any atom is -0.466 e. The Morgan fingerprint density at radius 1 is 1.00 bits per heavy atom. The Kier molecular flexibility index (Phi) is 3.51. The quantitative estimate of drug-likeness (QED) is 0.881. The zero-order chi connectivity index (χ0) is 13.4. The summed E-state index contributed by atoms with van der Waals surface area (Å²) >= 11 is 6.29. The molecular formula is C15H18ClNO. The van der Waals surface area contributed by atoms with E-state index in [9.17, 15) is 0 Å². The molecule has 2 N–H and O–H groups in total. The lowest BCUT2D eigenvalue weighted by molar-refractivity contribution is 0.499. The van der Waals surface area contributed by atoms with Gasteiger partial charge >= 0.3 is 0 Å². The largest absolute Gasteiger partial charge is 0.466 e. The molecule has 2 aromatic rings. The summed E-state index contributed by atoms with van der Waals surface area (Å²) in [5, 5.41) is 0.712. The van der Waals surface area contributed by atoms with Gasteiger partial charge in [-0.15, -0.1) is 0 Å². The SMILES string of the molecule is Cc1cc(C(N)c2cc(C)c(C)cc2Cl)c(C)o1. The van der Waals surface area contributed by atoms with Crippen molar-refractivity contribution in [1.82, 2.24) is 0 Å². The Hall–Kier alpha value is -1.25. The minimum absolute atomic E-state index is 0.241. The average Bonchev–Trinajstić information content (AvgIpc) is 2.62. The Morgan fingerprint density at radius 2 is 1.61 bits per heavy atom. The Balaban J connectivity index is 2.49. The summed E-state index contributed by atoms with van der Waals surface area (Å²) in [6, 6.07) is 5.76. The van der Waals surface area contributed by atoms with Crippen LogP contribution in [-0.2, 0) is 0 Å². The molecule has 0 spiro atoms. The molecule has 0 radical (unpaired) electrons. The lowest BCUT2D eigenvalue weighted by Crippen LogP contribution is -2.13. The molecule has 2 nitrogen and oxygen atoms in total. The molecule has 3 heteroatoms. The van der Waals surface area contributed by atoms with Crippen LogP contribution < -0.4 is 5.73 Å². The van der Waals surface area contributed by atoms with Gasteiger partial charge in [0.2, 0.25) is 0 Å². The van der Waals surface area contributed by atoms with Crippen LogP contribution in [0.5, 0.6) is 0 Å². The predicted molar refractivity (Wildman–Crippen MR) is 75.1 cm³/mol. The van der Waals surface area contributed by atoms with Gasteiger partial charge in [-0.05, 0) is 56.5 Å². The zero-order valence-corrected chi connectivity index (χ0v) is 11.9. The second kappa shape index (κ2) is 4.79. The van der Waals surface area contributed by atoms with E-state index < -0.39 is 0 Å². The second-order valence-electron chi connectivity index (χ2n) is 4.80. The van der Waals surface area contributed by atoms with E-state index in [0.29, 0.717) is 5.02 Å². The summed E-state index contributed by atoms with van der Waals surface area (Å²) in [5.74, 6) is 1.73. The van der Waals surface area contributed by atoms with E-state index in [-0.39, 0.29) is 6.04 Å². The standard InChI is InChI=1S/C15H18ClNO/c1-8-5-13(14(16)6-9(8)2)15(17)12-7-10(3)18-11(12)4/h5-7,15H,17H2,1-4H3. The molecule has 1 atom stereocenters.